The van der Waals surface area contributed by atoms with Gasteiger partial charge in [-0.05, 0) is 23.8 Å². The summed E-state index contributed by atoms with van der Waals surface area (Å²) in [5.74, 6) is 6.70. The van der Waals surface area contributed by atoms with E-state index in [1.165, 1.54) is 21.3 Å². The average molecular weight is 326 g/mol. The monoisotopic (exact) mass is 326 g/mol. The molecule has 1 heterocycles. The van der Waals surface area contributed by atoms with E-state index >= 15 is 0 Å². The Bertz CT molecular complexity index is 606. The number of thiocarbonyl (C=S) groups is 1. The Kier molecular flexibility index (Phi) is 4.71. The normalized spacial score (nSPS) is 16.6. The second-order valence-electron chi connectivity index (χ2n) is 4.01. The minimum atomic E-state index is -0.334. The molecule has 0 atom stereocenters. The molecule has 1 fully saturated rings. The molecule has 0 aromatic heterocycles. The second kappa shape index (κ2) is 6.33. The number of methoxy groups -OCH3 is 3. The standard InChI is InChI=1S/C13H14N2O4S2/c1-17-8-4-7(5-9(18-2)11(8)19-3)6-10-12(16)15(14)13(20)21-10/h4-6H,14H2,1-3H3. The Morgan fingerprint density at radius 1 is 1.19 bits per heavy atom. The van der Waals surface area contributed by atoms with Crippen molar-refractivity contribution in [3.8, 4) is 17.2 Å². The lowest BCUT2D eigenvalue weighted by Gasteiger charge is -2.13. The van der Waals surface area contributed by atoms with Crippen LogP contribution in [0.15, 0.2) is 17.0 Å². The van der Waals surface area contributed by atoms with E-state index in [1.54, 1.807) is 18.2 Å². The van der Waals surface area contributed by atoms with E-state index in [0.29, 0.717) is 26.5 Å². The molecule has 1 aromatic carbocycles. The number of nitrogens with zero attached hydrogens (tertiary/aromatic N) is 1. The molecule has 0 spiro atoms. The zero-order valence-electron chi connectivity index (χ0n) is 11.7. The lowest BCUT2D eigenvalue weighted by Crippen LogP contribution is -2.34. The maximum atomic E-state index is 11.9. The molecule has 1 aliphatic rings. The fourth-order valence-corrected chi connectivity index (χ4v) is 2.92. The highest BCUT2D eigenvalue weighted by Crippen LogP contribution is 2.39. The van der Waals surface area contributed by atoms with Gasteiger partial charge in [-0.2, -0.15) is 0 Å². The van der Waals surface area contributed by atoms with Gasteiger partial charge in [0, 0.05) is 0 Å². The largest absolute Gasteiger partial charge is 0.493 e. The van der Waals surface area contributed by atoms with Crippen molar-refractivity contribution in [1.29, 1.82) is 0 Å². The molecule has 1 aromatic rings. The molecular formula is C13H14N2O4S2. The minimum Gasteiger partial charge on any atom is -0.493 e. The number of benzene rings is 1. The second-order valence-corrected chi connectivity index (χ2v) is 5.69. The van der Waals surface area contributed by atoms with Crippen LogP contribution >= 0.6 is 24.0 Å². The molecule has 1 saturated heterocycles. The lowest BCUT2D eigenvalue weighted by atomic mass is 10.1. The first-order valence-corrected chi connectivity index (χ1v) is 7.07. The first-order valence-electron chi connectivity index (χ1n) is 5.84. The van der Waals surface area contributed by atoms with Crippen molar-refractivity contribution in [2.75, 3.05) is 21.3 Å². The van der Waals surface area contributed by atoms with Crippen LogP contribution in [0.4, 0.5) is 0 Å². The van der Waals surface area contributed by atoms with Crippen LogP contribution in [-0.4, -0.2) is 36.6 Å². The Balaban J connectivity index is 2.46. The van der Waals surface area contributed by atoms with Crippen molar-refractivity contribution >= 4 is 40.3 Å². The van der Waals surface area contributed by atoms with Crippen molar-refractivity contribution in [1.82, 2.24) is 5.01 Å². The molecule has 0 unspecified atom stereocenters. The van der Waals surface area contributed by atoms with Crippen LogP contribution in [0, 0.1) is 0 Å². The van der Waals surface area contributed by atoms with Gasteiger partial charge in [-0.1, -0.05) is 24.0 Å². The van der Waals surface area contributed by atoms with E-state index in [0.717, 1.165) is 22.3 Å². The van der Waals surface area contributed by atoms with E-state index in [2.05, 4.69) is 0 Å². The van der Waals surface area contributed by atoms with Crippen molar-refractivity contribution in [3.63, 3.8) is 0 Å². The predicted octanol–water partition coefficient (Wildman–Crippen LogP) is 1.79. The Labute approximate surface area is 131 Å². The molecule has 0 saturated carbocycles. The number of rotatable bonds is 4. The molecule has 1 amide bonds. The summed E-state index contributed by atoms with van der Waals surface area (Å²) in [7, 11) is 4.58. The lowest BCUT2D eigenvalue weighted by molar-refractivity contribution is -0.122. The summed E-state index contributed by atoms with van der Waals surface area (Å²) in [6, 6.07) is 3.48. The van der Waals surface area contributed by atoms with Gasteiger partial charge in [0.25, 0.3) is 5.91 Å². The predicted molar refractivity (Wildman–Crippen MR) is 85.3 cm³/mol. The van der Waals surface area contributed by atoms with E-state index in [4.69, 9.17) is 32.3 Å². The molecule has 21 heavy (non-hydrogen) atoms. The van der Waals surface area contributed by atoms with Gasteiger partial charge in [-0.15, -0.1) is 0 Å². The highest BCUT2D eigenvalue weighted by molar-refractivity contribution is 8.26. The van der Waals surface area contributed by atoms with E-state index in [-0.39, 0.29) is 5.91 Å². The number of carbonyl (C=O) groups is 1. The smallest absolute Gasteiger partial charge is 0.280 e. The van der Waals surface area contributed by atoms with Crippen molar-refractivity contribution in [2.24, 2.45) is 5.84 Å². The van der Waals surface area contributed by atoms with Crippen LogP contribution in [0.2, 0.25) is 0 Å². The summed E-state index contributed by atoms with van der Waals surface area (Å²) < 4.78 is 16.1. The molecule has 2 rings (SSSR count). The fourth-order valence-electron chi connectivity index (χ4n) is 1.82. The molecule has 0 radical (unpaired) electrons. The minimum absolute atomic E-state index is 0.318. The first kappa shape index (κ1) is 15.6. The van der Waals surface area contributed by atoms with E-state index in [9.17, 15) is 4.79 Å². The third-order valence-corrected chi connectivity index (χ3v) is 4.14. The molecular weight excluding hydrogens is 312 g/mol. The van der Waals surface area contributed by atoms with Crippen molar-refractivity contribution < 1.29 is 19.0 Å². The Morgan fingerprint density at radius 2 is 1.76 bits per heavy atom. The van der Waals surface area contributed by atoms with Gasteiger partial charge >= 0.3 is 0 Å². The Morgan fingerprint density at radius 3 is 2.14 bits per heavy atom. The van der Waals surface area contributed by atoms with Crippen LogP contribution in [0.1, 0.15) is 5.56 Å². The van der Waals surface area contributed by atoms with Gasteiger partial charge in [0.2, 0.25) is 5.75 Å². The molecule has 0 bridgehead atoms. The highest BCUT2D eigenvalue weighted by atomic mass is 32.2. The van der Waals surface area contributed by atoms with Crippen LogP contribution < -0.4 is 20.1 Å². The molecule has 6 nitrogen and oxygen atoms in total. The van der Waals surface area contributed by atoms with Crippen LogP contribution in [0.5, 0.6) is 17.2 Å². The number of ether oxygens (including phenoxy) is 3. The van der Waals surface area contributed by atoms with E-state index in [1.807, 2.05) is 0 Å². The average Bonchev–Trinajstić information content (AvgIpc) is 2.73. The third kappa shape index (κ3) is 2.97. The number of hydrazine groups is 1. The van der Waals surface area contributed by atoms with Gasteiger partial charge < -0.3 is 14.2 Å². The van der Waals surface area contributed by atoms with Gasteiger partial charge in [0.05, 0.1) is 26.2 Å². The van der Waals surface area contributed by atoms with Crippen molar-refractivity contribution in [3.05, 3.63) is 22.6 Å². The number of hydrogen-bond acceptors (Lipinski definition) is 7. The van der Waals surface area contributed by atoms with Gasteiger partial charge in [-0.25, -0.2) is 10.9 Å². The number of hydrogen-bond donors (Lipinski definition) is 1. The van der Waals surface area contributed by atoms with Gasteiger partial charge in [0.1, 0.15) is 0 Å². The zero-order valence-corrected chi connectivity index (χ0v) is 13.3. The summed E-state index contributed by atoms with van der Waals surface area (Å²) in [6.45, 7) is 0. The molecule has 112 valence electrons. The maximum absolute atomic E-state index is 11.9. The van der Waals surface area contributed by atoms with E-state index < -0.39 is 0 Å². The van der Waals surface area contributed by atoms with Crippen molar-refractivity contribution in [2.45, 2.75) is 0 Å². The SMILES string of the molecule is COc1cc(C=C2SC(=S)N(N)C2=O)cc(OC)c1OC. The molecule has 1 aliphatic heterocycles. The topological polar surface area (TPSA) is 74.0 Å². The quantitative estimate of drug-likeness (QED) is 0.391. The molecule has 0 aliphatic carbocycles. The van der Waals surface area contributed by atoms with Gasteiger partial charge in [0.15, 0.2) is 15.8 Å². The number of amides is 1. The van der Waals surface area contributed by atoms with Gasteiger partial charge in [-0.3, -0.25) is 4.79 Å². The number of thioether (sulfide) groups is 1. The number of carbonyl (C=O) groups excluding carboxylic acids is 1. The number of nitrogens with two attached hydrogens (primary N) is 1. The summed E-state index contributed by atoms with van der Waals surface area (Å²) in [5.41, 5.74) is 0.721. The van der Waals surface area contributed by atoms with Crippen LogP contribution in [0.3, 0.4) is 0 Å². The summed E-state index contributed by atoms with van der Waals surface area (Å²) in [5, 5.41) is 0.948. The van der Waals surface area contributed by atoms with Crippen LogP contribution in [-0.2, 0) is 4.79 Å². The summed E-state index contributed by atoms with van der Waals surface area (Å²) in [4.78, 5) is 12.3. The molecule has 8 heteroatoms. The highest BCUT2D eigenvalue weighted by Gasteiger charge is 2.29. The zero-order chi connectivity index (χ0) is 15.6. The first-order chi connectivity index (χ1) is 10.0. The fraction of sp³-hybridized carbons (Fsp3) is 0.231. The van der Waals surface area contributed by atoms with Crippen LogP contribution in [0.25, 0.3) is 6.08 Å². The molecule has 2 N–H and O–H groups in total. The third-order valence-electron chi connectivity index (χ3n) is 2.81. The Hall–Kier alpha value is -1.77. The summed E-state index contributed by atoms with van der Waals surface area (Å²) >= 11 is 6.13. The summed E-state index contributed by atoms with van der Waals surface area (Å²) in [6.07, 6.45) is 1.68. The maximum Gasteiger partial charge on any atom is 0.280 e.